The van der Waals surface area contributed by atoms with E-state index >= 15 is 0 Å². The van der Waals surface area contributed by atoms with Crippen LogP contribution in [-0.4, -0.2) is 16.0 Å². The summed E-state index contributed by atoms with van der Waals surface area (Å²) in [4.78, 5) is 11.5. The average molecular weight is 306 g/mol. The van der Waals surface area contributed by atoms with Crippen LogP contribution in [-0.2, 0) is 6.54 Å². The number of hydrogen-bond donors (Lipinski definition) is 0. The highest BCUT2D eigenvalue weighted by molar-refractivity contribution is 7.07. The van der Waals surface area contributed by atoms with E-state index in [0.29, 0.717) is 17.1 Å². The van der Waals surface area contributed by atoms with Crippen molar-refractivity contribution in [3.8, 4) is 0 Å². The number of aromatic nitrogens is 2. The van der Waals surface area contributed by atoms with Gasteiger partial charge in [-0.25, -0.2) is 9.97 Å². The van der Waals surface area contributed by atoms with Crippen LogP contribution in [0.25, 0.3) is 0 Å². The third kappa shape index (κ3) is 2.67. The van der Waals surface area contributed by atoms with Crippen molar-refractivity contribution in [2.24, 2.45) is 0 Å². The average Bonchev–Trinajstić information content (AvgIpc) is 3.35. The molecule has 2 saturated carbocycles. The van der Waals surface area contributed by atoms with Crippen LogP contribution in [0, 0.1) is 0 Å². The molecule has 2 fully saturated rings. The fourth-order valence-corrected chi connectivity index (χ4v) is 3.30. The lowest BCUT2D eigenvalue weighted by Crippen LogP contribution is -2.26. The molecule has 0 aliphatic heterocycles. The van der Waals surface area contributed by atoms with Gasteiger partial charge in [0.05, 0.1) is 0 Å². The zero-order chi connectivity index (χ0) is 13.5. The van der Waals surface area contributed by atoms with Crippen molar-refractivity contribution >= 4 is 28.8 Å². The van der Waals surface area contributed by atoms with Crippen molar-refractivity contribution in [3.63, 3.8) is 0 Å². The molecule has 2 aromatic rings. The van der Waals surface area contributed by atoms with Crippen LogP contribution in [0.4, 0.5) is 5.82 Å². The fraction of sp³-hybridized carbons (Fsp3) is 0.467. The first-order valence-electron chi connectivity index (χ1n) is 7.12. The van der Waals surface area contributed by atoms with E-state index in [2.05, 4.69) is 26.7 Å². The van der Waals surface area contributed by atoms with Crippen molar-refractivity contribution < 1.29 is 0 Å². The van der Waals surface area contributed by atoms with Gasteiger partial charge in [0.2, 0.25) is 0 Å². The number of nitrogens with zero attached hydrogens (tertiary/aromatic N) is 3. The van der Waals surface area contributed by atoms with Gasteiger partial charge in [-0.3, -0.25) is 0 Å². The van der Waals surface area contributed by atoms with Gasteiger partial charge < -0.3 is 4.90 Å². The number of anilines is 1. The summed E-state index contributed by atoms with van der Waals surface area (Å²) in [5.41, 5.74) is 1.35. The highest BCUT2D eigenvalue weighted by Gasteiger charge is 2.32. The number of hydrogen-bond acceptors (Lipinski definition) is 4. The van der Waals surface area contributed by atoms with Crippen molar-refractivity contribution in [1.82, 2.24) is 9.97 Å². The monoisotopic (exact) mass is 305 g/mol. The van der Waals surface area contributed by atoms with Crippen molar-refractivity contribution in [2.75, 3.05) is 4.90 Å². The van der Waals surface area contributed by atoms with Gasteiger partial charge in [0.1, 0.15) is 16.8 Å². The Bertz CT molecular complexity index is 606. The first kappa shape index (κ1) is 12.6. The molecule has 2 aliphatic carbocycles. The number of rotatable bonds is 5. The van der Waals surface area contributed by atoms with E-state index in [4.69, 9.17) is 16.6 Å². The molecule has 104 valence electrons. The Balaban J connectivity index is 1.65. The lowest BCUT2D eigenvalue weighted by molar-refractivity contribution is 0.766. The minimum atomic E-state index is 0.537. The van der Waals surface area contributed by atoms with Crippen molar-refractivity contribution in [2.45, 2.75) is 44.2 Å². The molecule has 0 atom stereocenters. The molecule has 0 unspecified atom stereocenters. The Morgan fingerprint density at radius 1 is 1.25 bits per heavy atom. The van der Waals surface area contributed by atoms with Crippen LogP contribution in [0.5, 0.6) is 0 Å². The maximum Gasteiger partial charge on any atom is 0.135 e. The molecule has 0 bridgehead atoms. The standard InChI is InChI=1S/C15H16ClN3S/c16-13-7-14(18-15(17-13)11-1-2-11)19(12-3-4-12)8-10-5-6-20-9-10/h5-7,9,11-12H,1-4,8H2. The molecular formula is C15H16ClN3S. The normalized spacial score (nSPS) is 18.2. The second kappa shape index (κ2) is 5.01. The van der Waals surface area contributed by atoms with Gasteiger partial charge >= 0.3 is 0 Å². The van der Waals surface area contributed by atoms with Gasteiger partial charge in [-0.15, -0.1) is 0 Å². The molecule has 5 heteroatoms. The molecule has 20 heavy (non-hydrogen) atoms. The Hall–Kier alpha value is -1.13. The highest BCUT2D eigenvalue weighted by Crippen LogP contribution is 2.40. The van der Waals surface area contributed by atoms with Gasteiger partial charge in [0.25, 0.3) is 0 Å². The van der Waals surface area contributed by atoms with Crippen LogP contribution in [0.3, 0.4) is 0 Å². The Labute approximate surface area is 127 Å². The van der Waals surface area contributed by atoms with Crippen LogP contribution in [0.2, 0.25) is 5.15 Å². The quantitative estimate of drug-likeness (QED) is 0.774. The van der Waals surface area contributed by atoms with Crippen molar-refractivity contribution in [3.05, 3.63) is 39.4 Å². The molecule has 2 aromatic heterocycles. The molecule has 0 spiro atoms. The van der Waals surface area contributed by atoms with Gasteiger partial charge in [0, 0.05) is 24.6 Å². The van der Waals surface area contributed by atoms with E-state index in [1.165, 1.54) is 31.2 Å². The second-order valence-electron chi connectivity index (χ2n) is 5.67. The molecule has 2 heterocycles. The summed E-state index contributed by atoms with van der Waals surface area (Å²) >= 11 is 7.94. The summed E-state index contributed by atoms with van der Waals surface area (Å²) in [5, 5.41) is 4.91. The first-order valence-corrected chi connectivity index (χ1v) is 8.44. The van der Waals surface area contributed by atoms with E-state index in [1.54, 1.807) is 11.3 Å². The summed E-state index contributed by atoms with van der Waals surface area (Å²) < 4.78 is 0. The molecular weight excluding hydrogens is 290 g/mol. The minimum absolute atomic E-state index is 0.537. The van der Waals surface area contributed by atoms with Gasteiger partial charge in [0.15, 0.2) is 0 Å². The lowest BCUT2D eigenvalue weighted by atomic mass is 10.3. The molecule has 0 saturated heterocycles. The van der Waals surface area contributed by atoms with E-state index in [1.807, 2.05) is 6.07 Å². The predicted molar refractivity (Wildman–Crippen MR) is 82.5 cm³/mol. The number of thiophene rings is 1. The van der Waals surface area contributed by atoms with Gasteiger partial charge in [-0.05, 0) is 48.1 Å². The van der Waals surface area contributed by atoms with E-state index in [-0.39, 0.29) is 0 Å². The summed E-state index contributed by atoms with van der Waals surface area (Å²) in [5.74, 6) is 2.47. The van der Waals surface area contributed by atoms with E-state index in [9.17, 15) is 0 Å². The molecule has 4 rings (SSSR count). The summed E-state index contributed by atoms with van der Waals surface area (Å²) in [6.07, 6.45) is 4.91. The molecule has 0 aromatic carbocycles. The molecule has 0 amide bonds. The SMILES string of the molecule is Clc1cc(N(Cc2ccsc2)C2CC2)nc(C2CC2)n1. The number of halogens is 1. The molecule has 0 N–H and O–H groups in total. The third-order valence-corrected chi connectivity index (χ3v) is 4.78. The molecule has 2 aliphatic rings. The lowest BCUT2D eigenvalue weighted by Gasteiger charge is -2.23. The summed E-state index contributed by atoms with van der Waals surface area (Å²) in [6.45, 7) is 0.922. The minimum Gasteiger partial charge on any atom is -0.349 e. The topological polar surface area (TPSA) is 29.0 Å². The Kier molecular flexibility index (Phi) is 3.15. The zero-order valence-corrected chi connectivity index (χ0v) is 12.7. The van der Waals surface area contributed by atoms with Crippen LogP contribution >= 0.6 is 22.9 Å². The van der Waals surface area contributed by atoms with Crippen LogP contribution < -0.4 is 4.90 Å². The van der Waals surface area contributed by atoms with E-state index in [0.717, 1.165) is 18.2 Å². The van der Waals surface area contributed by atoms with Gasteiger partial charge in [-0.1, -0.05) is 11.6 Å². The maximum atomic E-state index is 6.20. The summed E-state index contributed by atoms with van der Waals surface area (Å²) in [6, 6.07) is 4.72. The molecule has 0 radical (unpaired) electrons. The van der Waals surface area contributed by atoms with Gasteiger partial charge in [-0.2, -0.15) is 11.3 Å². The van der Waals surface area contributed by atoms with Crippen LogP contribution in [0.1, 0.15) is 43.0 Å². The summed E-state index contributed by atoms with van der Waals surface area (Å²) in [7, 11) is 0. The highest BCUT2D eigenvalue weighted by atomic mass is 35.5. The largest absolute Gasteiger partial charge is 0.349 e. The molecule has 3 nitrogen and oxygen atoms in total. The van der Waals surface area contributed by atoms with E-state index < -0.39 is 0 Å². The fourth-order valence-electron chi connectivity index (χ4n) is 2.46. The third-order valence-electron chi connectivity index (χ3n) is 3.86. The first-order chi connectivity index (χ1) is 9.79. The van der Waals surface area contributed by atoms with Crippen LogP contribution in [0.15, 0.2) is 22.9 Å². The second-order valence-corrected chi connectivity index (χ2v) is 6.84. The zero-order valence-electron chi connectivity index (χ0n) is 11.1. The predicted octanol–water partition coefficient (Wildman–Crippen LogP) is 4.24. The Morgan fingerprint density at radius 3 is 2.75 bits per heavy atom. The smallest absolute Gasteiger partial charge is 0.135 e. The maximum absolute atomic E-state index is 6.20. The Morgan fingerprint density at radius 2 is 2.10 bits per heavy atom. The van der Waals surface area contributed by atoms with Crippen molar-refractivity contribution in [1.29, 1.82) is 0 Å².